The maximum Gasteiger partial charge on any atom is -0.0171 e. The fourth-order valence-electron chi connectivity index (χ4n) is 21.3. The van der Waals surface area contributed by atoms with E-state index in [0.717, 1.165) is 29.6 Å². The molecule has 0 aromatic heterocycles. The van der Waals surface area contributed by atoms with Crippen molar-refractivity contribution in [2.24, 2.45) is 123 Å². The van der Waals surface area contributed by atoms with E-state index in [1.807, 2.05) is 96.9 Å². The Labute approximate surface area is 481 Å². The molecule has 0 saturated heterocycles. The minimum absolute atomic E-state index is 0.660. The molecule has 14 bridgehead atoms. The van der Waals surface area contributed by atoms with Gasteiger partial charge in [-0.05, 0) is 265 Å². The summed E-state index contributed by atoms with van der Waals surface area (Å²) in [5.74, 6) is 22.0. The monoisotopic (exact) mass is 1060 g/mol. The van der Waals surface area contributed by atoms with Crippen molar-refractivity contribution < 1.29 is 0 Å². The minimum Gasteiger partial charge on any atom is -0.0879 e. The van der Waals surface area contributed by atoms with E-state index < -0.39 is 0 Å². The van der Waals surface area contributed by atoms with Gasteiger partial charge in [0.25, 0.3) is 0 Å². The van der Waals surface area contributed by atoms with Crippen LogP contribution in [-0.4, -0.2) is 0 Å². The summed E-state index contributed by atoms with van der Waals surface area (Å²) in [5.41, 5.74) is 1.37. The highest BCUT2D eigenvalue weighted by Crippen LogP contribution is 2.65. The molecule has 0 heteroatoms. The van der Waals surface area contributed by atoms with Crippen LogP contribution >= 0.6 is 0 Å². The van der Waals surface area contributed by atoms with E-state index in [4.69, 9.17) is 0 Å². The zero-order valence-corrected chi connectivity index (χ0v) is 55.6. The lowest BCUT2D eigenvalue weighted by Gasteiger charge is -2.49. The summed E-state index contributed by atoms with van der Waals surface area (Å²) < 4.78 is 0. The lowest BCUT2D eigenvalue weighted by Crippen LogP contribution is -2.38. The van der Waals surface area contributed by atoms with Crippen LogP contribution in [0, 0.1) is 123 Å². The Hall–Kier alpha value is -0.260. The third-order valence-corrected chi connectivity index (χ3v) is 25.1. The van der Waals surface area contributed by atoms with E-state index in [0.29, 0.717) is 10.8 Å². The van der Waals surface area contributed by atoms with Crippen LogP contribution in [0.25, 0.3) is 0 Å². The van der Waals surface area contributed by atoms with Crippen LogP contribution < -0.4 is 0 Å². The molecule has 448 valence electrons. The van der Waals surface area contributed by atoms with Gasteiger partial charge in [-0.1, -0.05) is 220 Å². The van der Waals surface area contributed by atoms with Gasteiger partial charge in [-0.2, -0.15) is 0 Å². The van der Waals surface area contributed by atoms with Gasteiger partial charge in [0.05, 0.1) is 0 Å². The summed E-state index contributed by atoms with van der Waals surface area (Å²) in [5, 5.41) is 0. The first-order valence-electron chi connectivity index (χ1n) is 36.9. The lowest BCUT2D eigenvalue weighted by molar-refractivity contribution is 0.0198. The largest absolute Gasteiger partial charge is 0.0879 e. The number of hydrogen-bond acceptors (Lipinski definition) is 0. The van der Waals surface area contributed by atoms with Crippen LogP contribution in [0.3, 0.4) is 0 Å². The topological polar surface area (TPSA) is 0 Å². The van der Waals surface area contributed by atoms with Gasteiger partial charge < -0.3 is 0 Å². The molecular formula is C76H144. The van der Waals surface area contributed by atoms with Crippen LogP contribution in [-0.2, 0) is 0 Å². The molecule has 19 rings (SSSR count). The van der Waals surface area contributed by atoms with E-state index >= 15 is 0 Å². The van der Waals surface area contributed by atoms with Crippen molar-refractivity contribution in [1.29, 1.82) is 0 Å². The van der Waals surface area contributed by atoms with Crippen molar-refractivity contribution >= 4 is 0 Å². The Morgan fingerprint density at radius 2 is 0.605 bits per heavy atom. The predicted octanol–water partition coefficient (Wildman–Crippen LogP) is 25.7. The van der Waals surface area contributed by atoms with Gasteiger partial charge in [-0.3, -0.25) is 0 Å². The second-order valence-electron chi connectivity index (χ2n) is 28.4. The first-order valence-corrected chi connectivity index (χ1v) is 36.9. The fraction of sp³-hybridized carbons (Fsp3) is 0.974. The Morgan fingerprint density at radius 1 is 0.276 bits per heavy atom. The Bertz CT molecular complexity index is 1340. The standard InChI is InChI=1S/2C10H16.C10H14.C10H18.C9H16.C7H12.C6H10.7C2H6/c1-7-2-9-4-8(1)5-10(3-7)6-9;2*1-2-9-7-4-5-8(6-7)10(9)3-1;1-9(2)8-4-6-10(9,3)7-5-8;1-2-5-9-7-3-6-8(9)4-1;1-2-7-4-3-6(1)5-7;1-2-6-3-5(1)4-6;7*1-2/h2*7-10H,1-6H2;1-2,7-10H,3-6H2;8H,4-7H2,1-3H3;8-9H,1-7H2;6-7H,1-5H2;5-6H,1-4H2;7*1-2H3. The number of hydrogen-bond donors (Lipinski definition) is 0. The highest BCUT2D eigenvalue weighted by Gasteiger charge is 2.56. The Balaban J connectivity index is 0.000000185. The molecule has 10 unspecified atom stereocenters. The van der Waals surface area contributed by atoms with Gasteiger partial charge in [0, 0.05) is 0 Å². The molecule has 76 heavy (non-hydrogen) atoms. The number of fused-ring (bicyclic) bond motifs is 16. The molecule has 0 aliphatic heterocycles. The molecule has 18 saturated carbocycles. The Kier molecular flexibility index (Phi) is 32.0. The van der Waals surface area contributed by atoms with Crippen LogP contribution in [0.2, 0.25) is 0 Å². The SMILES string of the molecule is C1=CC2C3CCC(C3)C2C1.C1C2CC3CC1CC(C2)C3.C1CC2C3CCC(C3)C2C1.C1CC2CC1C2.C1CC2CCC1C2.C1CCC2CCCC2C1.CC.CC.CC.CC.CC.CC.CC.CC12CCC(CC1)C2(C)C. The van der Waals surface area contributed by atoms with E-state index in [1.54, 1.807) is 173 Å². The summed E-state index contributed by atoms with van der Waals surface area (Å²) in [6.45, 7) is 35.4. The van der Waals surface area contributed by atoms with Crippen molar-refractivity contribution in [1.82, 2.24) is 0 Å². The van der Waals surface area contributed by atoms with Crippen molar-refractivity contribution in [3.63, 3.8) is 0 Å². The summed E-state index contributed by atoms with van der Waals surface area (Å²) in [7, 11) is 0. The third kappa shape index (κ3) is 17.6. The summed E-state index contributed by atoms with van der Waals surface area (Å²) in [6.07, 6.45) is 61.1. The average molecular weight is 1060 g/mol. The quantitative estimate of drug-likeness (QED) is 0.212. The molecule has 0 N–H and O–H groups in total. The molecule has 18 fully saturated rings. The number of allylic oxidation sites excluding steroid dienone is 2. The zero-order valence-electron chi connectivity index (χ0n) is 55.6. The van der Waals surface area contributed by atoms with Crippen molar-refractivity contribution in [3.8, 4) is 0 Å². The van der Waals surface area contributed by atoms with Crippen LogP contribution in [0.1, 0.15) is 349 Å². The molecule has 10 atom stereocenters. The minimum atomic E-state index is 0.660. The van der Waals surface area contributed by atoms with E-state index in [9.17, 15) is 0 Å². The lowest BCUT2D eigenvalue weighted by atomic mass is 9.56. The predicted molar refractivity (Wildman–Crippen MR) is 343 cm³/mol. The maximum absolute atomic E-state index is 2.49. The highest BCUT2D eigenvalue weighted by atomic mass is 14.6. The van der Waals surface area contributed by atoms with Crippen molar-refractivity contribution in [3.05, 3.63) is 12.2 Å². The molecule has 0 radical (unpaired) electrons. The van der Waals surface area contributed by atoms with Crippen LogP contribution in [0.15, 0.2) is 12.2 Å². The van der Waals surface area contributed by atoms with Gasteiger partial charge in [-0.25, -0.2) is 0 Å². The molecule has 0 spiro atoms. The van der Waals surface area contributed by atoms with Gasteiger partial charge in [-0.15, -0.1) is 0 Å². The zero-order chi connectivity index (χ0) is 55.8. The highest BCUT2D eigenvalue weighted by molar-refractivity contribution is 5.12. The Morgan fingerprint density at radius 3 is 0.921 bits per heavy atom. The number of rotatable bonds is 0. The first-order chi connectivity index (χ1) is 37.2. The van der Waals surface area contributed by atoms with Crippen molar-refractivity contribution in [2.45, 2.75) is 349 Å². The van der Waals surface area contributed by atoms with Crippen LogP contribution in [0.4, 0.5) is 0 Å². The van der Waals surface area contributed by atoms with Gasteiger partial charge >= 0.3 is 0 Å². The first kappa shape index (κ1) is 68.2. The molecule has 19 aliphatic rings. The molecule has 0 aromatic carbocycles. The second kappa shape index (κ2) is 35.7. The molecule has 0 heterocycles. The third-order valence-electron chi connectivity index (χ3n) is 25.1. The second-order valence-corrected chi connectivity index (χ2v) is 28.4. The molecule has 0 amide bonds. The molecule has 0 nitrogen and oxygen atoms in total. The van der Waals surface area contributed by atoms with Gasteiger partial charge in [0.2, 0.25) is 0 Å². The van der Waals surface area contributed by atoms with Gasteiger partial charge in [0.1, 0.15) is 0 Å². The molecular weight excluding hydrogens is 913 g/mol. The normalized spacial score (nSPS) is 43.2. The van der Waals surface area contributed by atoms with E-state index in [-0.39, 0.29) is 0 Å². The maximum atomic E-state index is 2.49. The molecule has 19 aliphatic carbocycles. The van der Waals surface area contributed by atoms with E-state index in [1.165, 1.54) is 141 Å². The van der Waals surface area contributed by atoms with Crippen LogP contribution in [0.5, 0.6) is 0 Å². The van der Waals surface area contributed by atoms with Crippen molar-refractivity contribution in [2.75, 3.05) is 0 Å². The van der Waals surface area contributed by atoms with E-state index in [2.05, 4.69) is 32.9 Å². The van der Waals surface area contributed by atoms with Gasteiger partial charge in [0.15, 0.2) is 0 Å². The summed E-state index contributed by atoms with van der Waals surface area (Å²) in [6, 6.07) is 0. The molecule has 0 aromatic rings. The summed E-state index contributed by atoms with van der Waals surface area (Å²) >= 11 is 0. The average Bonchev–Trinajstić information content (AvgIpc) is 4.30. The fourth-order valence-corrected chi connectivity index (χ4v) is 21.3. The smallest absolute Gasteiger partial charge is 0.0171 e. The summed E-state index contributed by atoms with van der Waals surface area (Å²) in [4.78, 5) is 0.